The van der Waals surface area contributed by atoms with Crippen LogP contribution in [0.25, 0.3) is 0 Å². The van der Waals surface area contributed by atoms with Gasteiger partial charge in [0.05, 0.1) is 5.56 Å². The van der Waals surface area contributed by atoms with E-state index in [4.69, 9.17) is 16.7 Å². The van der Waals surface area contributed by atoms with Gasteiger partial charge in [-0.2, -0.15) is 5.10 Å². The van der Waals surface area contributed by atoms with Gasteiger partial charge in [-0.1, -0.05) is 11.6 Å². The highest BCUT2D eigenvalue weighted by Gasteiger charge is 2.21. The van der Waals surface area contributed by atoms with Crippen molar-refractivity contribution in [2.24, 2.45) is 12.2 Å². The second-order valence-electron chi connectivity index (χ2n) is 4.14. The lowest BCUT2D eigenvalue weighted by Crippen LogP contribution is -2.18. The smallest absolute Gasteiger partial charge is 0.258 e. The van der Waals surface area contributed by atoms with E-state index < -0.39 is 15.9 Å². The predicted molar refractivity (Wildman–Crippen MR) is 81.7 cm³/mol. The van der Waals surface area contributed by atoms with Crippen LogP contribution >= 0.6 is 27.5 Å². The highest BCUT2D eigenvalue weighted by Crippen LogP contribution is 2.23. The number of aryl methyl sites for hydroxylation is 1. The van der Waals surface area contributed by atoms with Gasteiger partial charge in [0.15, 0.2) is 5.82 Å². The number of amides is 1. The molecule has 0 aliphatic rings. The number of carbonyl (C=O) groups is 1. The Bertz CT molecular complexity index is 819. The van der Waals surface area contributed by atoms with Crippen molar-refractivity contribution in [2.75, 3.05) is 5.32 Å². The maximum absolute atomic E-state index is 12.2. The number of anilines is 1. The highest BCUT2D eigenvalue weighted by atomic mass is 79.9. The van der Waals surface area contributed by atoms with E-state index >= 15 is 0 Å². The number of nitrogens with one attached hydrogen (secondary N) is 1. The van der Waals surface area contributed by atoms with Crippen molar-refractivity contribution in [3.8, 4) is 0 Å². The quantitative estimate of drug-likeness (QED) is 0.828. The molecule has 1 aromatic heterocycles. The van der Waals surface area contributed by atoms with E-state index in [2.05, 4.69) is 26.3 Å². The molecule has 112 valence electrons. The molecule has 0 saturated carbocycles. The molecule has 0 fully saturated rings. The molecule has 0 unspecified atom stereocenters. The normalized spacial score (nSPS) is 11.4. The van der Waals surface area contributed by atoms with Crippen LogP contribution in [0.15, 0.2) is 33.8 Å². The van der Waals surface area contributed by atoms with Crippen LogP contribution in [0.2, 0.25) is 5.02 Å². The minimum Gasteiger partial charge on any atom is -0.304 e. The maximum Gasteiger partial charge on any atom is 0.258 e. The number of nitrogens with zero attached hydrogens (tertiary/aromatic N) is 2. The van der Waals surface area contributed by atoms with Gasteiger partial charge in [0.25, 0.3) is 5.91 Å². The zero-order chi connectivity index (χ0) is 15.8. The SMILES string of the molecule is Cn1cc(S(N)(=O)=O)c(NC(=O)c2cc(Cl)ccc2Br)n1. The van der Waals surface area contributed by atoms with Gasteiger partial charge in [-0.05, 0) is 34.1 Å². The fourth-order valence-corrected chi connectivity index (χ4v) is 2.87. The molecule has 2 rings (SSSR count). The summed E-state index contributed by atoms with van der Waals surface area (Å²) in [6, 6.07) is 4.66. The largest absolute Gasteiger partial charge is 0.304 e. The number of halogens is 2. The number of benzene rings is 1. The van der Waals surface area contributed by atoms with Crippen molar-refractivity contribution in [3.63, 3.8) is 0 Å². The van der Waals surface area contributed by atoms with E-state index in [0.717, 1.165) is 0 Å². The Balaban J connectivity index is 2.39. The van der Waals surface area contributed by atoms with Crippen molar-refractivity contribution >= 4 is 49.3 Å². The number of hydrogen-bond donors (Lipinski definition) is 2. The topological polar surface area (TPSA) is 107 Å². The summed E-state index contributed by atoms with van der Waals surface area (Å²) in [6.07, 6.45) is 1.21. The molecule has 0 spiro atoms. The predicted octanol–water partition coefficient (Wildman–Crippen LogP) is 1.74. The summed E-state index contributed by atoms with van der Waals surface area (Å²) in [4.78, 5) is 11.9. The minimum absolute atomic E-state index is 0.142. The van der Waals surface area contributed by atoms with Crippen molar-refractivity contribution < 1.29 is 13.2 Å². The van der Waals surface area contributed by atoms with Gasteiger partial charge in [0, 0.05) is 22.7 Å². The molecule has 3 N–H and O–H groups in total. The van der Waals surface area contributed by atoms with Gasteiger partial charge >= 0.3 is 0 Å². The molecule has 0 atom stereocenters. The van der Waals surface area contributed by atoms with E-state index in [9.17, 15) is 13.2 Å². The third kappa shape index (κ3) is 3.62. The van der Waals surface area contributed by atoms with Crippen LogP contribution in [0, 0.1) is 0 Å². The first-order valence-electron chi connectivity index (χ1n) is 5.51. The van der Waals surface area contributed by atoms with Crippen molar-refractivity contribution in [2.45, 2.75) is 4.90 Å². The highest BCUT2D eigenvalue weighted by molar-refractivity contribution is 9.10. The molecular weight excluding hydrogens is 384 g/mol. The second-order valence-corrected chi connectivity index (χ2v) is 6.96. The summed E-state index contributed by atoms with van der Waals surface area (Å²) < 4.78 is 24.6. The molecule has 0 aliphatic carbocycles. The minimum atomic E-state index is -3.99. The van der Waals surface area contributed by atoms with Crippen LogP contribution in [0.5, 0.6) is 0 Å². The lowest BCUT2D eigenvalue weighted by Gasteiger charge is -2.06. The van der Waals surface area contributed by atoms with Crippen LogP contribution in [0.3, 0.4) is 0 Å². The van der Waals surface area contributed by atoms with E-state index in [-0.39, 0.29) is 16.3 Å². The molecule has 21 heavy (non-hydrogen) atoms. The fraction of sp³-hybridized carbons (Fsp3) is 0.0909. The maximum atomic E-state index is 12.2. The summed E-state index contributed by atoms with van der Waals surface area (Å²) in [5, 5.41) is 11.7. The van der Waals surface area contributed by atoms with Gasteiger partial charge in [-0.15, -0.1) is 0 Å². The van der Waals surface area contributed by atoms with Crippen LogP contribution < -0.4 is 10.5 Å². The molecule has 7 nitrogen and oxygen atoms in total. The molecule has 0 bridgehead atoms. The number of rotatable bonds is 3. The molecule has 0 saturated heterocycles. The van der Waals surface area contributed by atoms with E-state index in [1.807, 2.05) is 0 Å². The van der Waals surface area contributed by atoms with Crippen molar-refractivity contribution in [1.82, 2.24) is 9.78 Å². The van der Waals surface area contributed by atoms with Gasteiger partial charge in [-0.25, -0.2) is 13.6 Å². The molecule has 1 amide bonds. The average Bonchev–Trinajstić information content (AvgIpc) is 2.73. The number of aromatic nitrogens is 2. The zero-order valence-corrected chi connectivity index (χ0v) is 13.8. The Morgan fingerprint density at radius 3 is 2.76 bits per heavy atom. The van der Waals surface area contributed by atoms with E-state index in [1.165, 1.54) is 24.0 Å². The Hall–Kier alpha value is -1.42. The van der Waals surface area contributed by atoms with Gasteiger partial charge in [0.1, 0.15) is 4.90 Å². The number of hydrogen-bond acceptors (Lipinski definition) is 4. The third-order valence-corrected chi connectivity index (χ3v) is 4.35. The monoisotopic (exact) mass is 392 g/mol. The third-order valence-electron chi connectivity index (χ3n) is 2.51. The molecule has 1 aromatic carbocycles. The first-order valence-corrected chi connectivity index (χ1v) is 8.23. The zero-order valence-electron chi connectivity index (χ0n) is 10.7. The first-order chi connectivity index (χ1) is 9.68. The summed E-state index contributed by atoms with van der Waals surface area (Å²) in [5.41, 5.74) is 0.244. The van der Waals surface area contributed by atoms with Gasteiger partial charge < -0.3 is 5.32 Å². The van der Waals surface area contributed by atoms with Crippen LogP contribution in [-0.2, 0) is 17.1 Å². The Morgan fingerprint density at radius 2 is 2.14 bits per heavy atom. The Labute approximate surface area is 134 Å². The van der Waals surface area contributed by atoms with E-state index in [1.54, 1.807) is 12.1 Å². The number of primary sulfonamides is 1. The number of nitrogens with two attached hydrogens (primary N) is 1. The van der Waals surface area contributed by atoms with Crippen molar-refractivity contribution in [1.29, 1.82) is 0 Å². The standard InChI is InChI=1S/C11H10BrClN4O3S/c1-17-5-9(21(14,19)20)10(16-17)15-11(18)7-4-6(13)2-3-8(7)12/h2-5H,1H3,(H2,14,19,20)(H,15,16,18). The first kappa shape index (κ1) is 16.0. The van der Waals surface area contributed by atoms with Gasteiger partial charge in [0.2, 0.25) is 10.0 Å². The van der Waals surface area contributed by atoms with Crippen LogP contribution in [0.1, 0.15) is 10.4 Å². The summed E-state index contributed by atoms with van der Waals surface area (Å²) in [7, 11) is -2.48. The van der Waals surface area contributed by atoms with Crippen LogP contribution in [-0.4, -0.2) is 24.1 Å². The summed E-state index contributed by atoms with van der Waals surface area (Å²) in [5.74, 6) is -0.704. The summed E-state index contributed by atoms with van der Waals surface area (Å²) in [6.45, 7) is 0. The second kappa shape index (κ2) is 5.76. The van der Waals surface area contributed by atoms with Crippen molar-refractivity contribution in [3.05, 3.63) is 39.5 Å². The molecule has 2 aromatic rings. The average molecular weight is 394 g/mol. The molecule has 10 heteroatoms. The molecule has 1 heterocycles. The Morgan fingerprint density at radius 1 is 1.48 bits per heavy atom. The fourth-order valence-electron chi connectivity index (χ4n) is 1.61. The lowest BCUT2D eigenvalue weighted by atomic mass is 10.2. The van der Waals surface area contributed by atoms with E-state index in [0.29, 0.717) is 9.50 Å². The molecule has 0 radical (unpaired) electrons. The summed E-state index contributed by atoms with van der Waals surface area (Å²) >= 11 is 9.05. The number of carbonyl (C=O) groups excluding carboxylic acids is 1. The molecular formula is C11H10BrClN4O3S. The number of sulfonamides is 1. The lowest BCUT2D eigenvalue weighted by molar-refractivity contribution is 0.102. The Kier molecular flexibility index (Phi) is 4.38. The molecule has 0 aliphatic heterocycles. The van der Waals surface area contributed by atoms with Crippen LogP contribution in [0.4, 0.5) is 5.82 Å². The van der Waals surface area contributed by atoms with Gasteiger partial charge in [-0.3, -0.25) is 9.48 Å².